The van der Waals surface area contributed by atoms with E-state index in [1.54, 1.807) is 12.1 Å². The minimum Gasteiger partial charge on any atom is -0.476 e. The third kappa shape index (κ3) is 1.93. The largest absolute Gasteiger partial charge is 0.476 e. The Bertz CT molecular complexity index is 705. The molecule has 0 aliphatic rings. The standard InChI is InChI=1S/C11H9N3O4/c12-8(15)5-14-10(16)7-4-2-1-3-6(7)9(13-14)11(17)18/h1-4H,5H2,(H2,12,15)(H,17,18). The van der Waals surface area contributed by atoms with E-state index in [1.807, 2.05) is 0 Å². The van der Waals surface area contributed by atoms with Crippen LogP contribution in [0.3, 0.4) is 0 Å². The smallest absolute Gasteiger partial charge is 0.357 e. The lowest BCUT2D eigenvalue weighted by Crippen LogP contribution is -2.31. The minimum atomic E-state index is -1.27. The molecule has 0 saturated heterocycles. The third-order valence-corrected chi connectivity index (χ3v) is 2.38. The number of aromatic carboxylic acids is 1. The monoisotopic (exact) mass is 247 g/mol. The highest BCUT2D eigenvalue weighted by molar-refractivity contribution is 6.01. The van der Waals surface area contributed by atoms with Crippen molar-refractivity contribution < 1.29 is 14.7 Å². The first-order valence-electron chi connectivity index (χ1n) is 5.02. The van der Waals surface area contributed by atoms with Crippen LogP contribution in [0.2, 0.25) is 0 Å². The van der Waals surface area contributed by atoms with Gasteiger partial charge in [0.1, 0.15) is 6.54 Å². The van der Waals surface area contributed by atoms with Crippen LogP contribution in [0.1, 0.15) is 10.5 Å². The lowest BCUT2D eigenvalue weighted by molar-refractivity contribution is -0.118. The van der Waals surface area contributed by atoms with Gasteiger partial charge in [0.15, 0.2) is 5.69 Å². The van der Waals surface area contributed by atoms with Crippen molar-refractivity contribution in [2.75, 3.05) is 0 Å². The average Bonchev–Trinajstić information content (AvgIpc) is 2.32. The van der Waals surface area contributed by atoms with E-state index in [0.29, 0.717) is 0 Å². The number of carboxylic acids is 1. The summed E-state index contributed by atoms with van der Waals surface area (Å²) in [6, 6.07) is 6.17. The minimum absolute atomic E-state index is 0.186. The number of hydrogen-bond acceptors (Lipinski definition) is 4. The lowest BCUT2D eigenvalue weighted by atomic mass is 10.1. The average molecular weight is 247 g/mol. The second-order valence-corrected chi connectivity index (χ2v) is 3.63. The Kier molecular flexibility index (Phi) is 2.80. The molecule has 1 aromatic carbocycles. The first-order valence-corrected chi connectivity index (χ1v) is 5.02. The lowest BCUT2D eigenvalue weighted by Gasteiger charge is -2.06. The molecule has 2 rings (SSSR count). The molecule has 0 radical (unpaired) electrons. The number of carbonyl (C=O) groups is 2. The molecule has 0 unspecified atom stereocenters. The number of rotatable bonds is 3. The first-order chi connectivity index (χ1) is 8.50. The summed E-state index contributed by atoms with van der Waals surface area (Å²) in [5.41, 5.74) is 4.14. The van der Waals surface area contributed by atoms with Crippen molar-refractivity contribution in [1.29, 1.82) is 0 Å². The number of primary amides is 1. The van der Waals surface area contributed by atoms with Crippen molar-refractivity contribution in [3.8, 4) is 0 Å². The quantitative estimate of drug-likeness (QED) is 0.764. The molecule has 0 spiro atoms. The fourth-order valence-corrected chi connectivity index (χ4v) is 1.65. The zero-order chi connectivity index (χ0) is 13.3. The number of aromatic nitrogens is 2. The molecule has 0 atom stereocenters. The molecule has 3 N–H and O–H groups in total. The van der Waals surface area contributed by atoms with Crippen LogP contribution in [0.4, 0.5) is 0 Å². The Hall–Kier alpha value is -2.70. The Labute approximate surface area is 100 Å². The van der Waals surface area contributed by atoms with Crippen molar-refractivity contribution in [3.05, 3.63) is 40.3 Å². The SMILES string of the molecule is NC(=O)Cn1nc(C(=O)O)c2ccccc2c1=O. The van der Waals surface area contributed by atoms with Crippen molar-refractivity contribution >= 4 is 22.6 Å². The van der Waals surface area contributed by atoms with E-state index in [1.165, 1.54) is 12.1 Å². The molecule has 0 aliphatic heterocycles. The Morgan fingerprint density at radius 2 is 1.89 bits per heavy atom. The van der Waals surface area contributed by atoms with Crippen molar-refractivity contribution in [2.45, 2.75) is 6.54 Å². The van der Waals surface area contributed by atoms with E-state index >= 15 is 0 Å². The van der Waals surface area contributed by atoms with Crippen LogP contribution in [0.25, 0.3) is 10.8 Å². The predicted molar refractivity (Wildman–Crippen MR) is 62.2 cm³/mol. The highest BCUT2D eigenvalue weighted by Gasteiger charge is 2.15. The maximum Gasteiger partial charge on any atom is 0.357 e. The summed E-state index contributed by atoms with van der Waals surface area (Å²) in [5, 5.41) is 13.1. The van der Waals surface area contributed by atoms with E-state index in [4.69, 9.17) is 10.8 Å². The molecule has 0 bridgehead atoms. The molecule has 1 heterocycles. The predicted octanol–water partition coefficient (Wildman–Crippen LogP) is -0.420. The molecule has 0 aliphatic carbocycles. The zero-order valence-corrected chi connectivity index (χ0v) is 9.16. The van der Waals surface area contributed by atoms with Gasteiger partial charge in [-0.3, -0.25) is 9.59 Å². The van der Waals surface area contributed by atoms with Crippen LogP contribution >= 0.6 is 0 Å². The van der Waals surface area contributed by atoms with Gasteiger partial charge in [0.2, 0.25) is 5.91 Å². The van der Waals surface area contributed by atoms with E-state index in [2.05, 4.69) is 5.10 Å². The molecule has 0 saturated carbocycles. The van der Waals surface area contributed by atoms with Crippen LogP contribution in [-0.4, -0.2) is 26.8 Å². The van der Waals surface area contributed by atoms with Crippen molar-refractivity contribution in [2.24, 2.45) is 5.73 Å². The van der Waals surface area contributed by atoms with Crippen LogP contribution in [0.5, 0.6) is 0 Å². The van der Waals surface area contributed by atoms with E-state index in [-0.39, 0.29) is 16.5 Å². The summed E-state index contributed by atoms with van der Waals surface area (Å²) < 4.78 is 0.758. The maximum absolute atomic E-state index is 11.9. The molecule has 1 aromatic heterocycles. The molecular formula is C11H9N3O4. The molecule has 7 heteroatoms. The van der Waals surface area contributed by atoms with Gasteiger partial charge < -0.3 is 10.8 Å². The second kappa shape index (κ2) is 4.28. The molecule has 0 fully saturated rings. The molecule has 7 nitrogen and oxygen atoms in total. The van der Waals surface area contributed by atoms with Gasteiger partial charge in [0.25, 0.3) is 5.56 Å². The molecular weight excluding hydrogens is 238 g/mol. The Morgan fingerprint density at radius 3 is 2.44 bits per heavy atom. The van der Waals surface area contributed by atoms with Crippen LogP contribution in [0, 0.1) is 0 Å². The van der Waals surface area contributed by atoms with Crippen LogP contribution in [-0.2, 0) is 11.3 Å². The van der Waals surface area contributed by atoms with Gasteiger partial charge in [0, 0.05) is 5.39 Å². The highest BCUT2D eigenvalue weighted by Crippen LogP contribution is 2.12. The van der Waals surface area contributed by atoms with E-state index in [9.17, 15) is 14.4 Å². The highest BCUT2D eigenvalue weighted by atomic mass is 16.4. The number of benzene rings is 1. The number of carbonyl (C=O) groups excluding carboxylic acids is 1. The molecule has 92 valence electrons. The van der Waals surface area contributed by atoms with Crippen LogP contribution < -0.4 is 11.3 Å². The fourth-order valence-electron chi connectivity index (χ4n) is 1.65. The number of nitrogens with two attached hydrogens (primary N) is 1. The van der Waals surface area contributed by atoms with Gasteiger partial charge in [-0.15, -0.1) is 0 Å². The molecule has 18 heavy (non-hydrogen) atoms. The molecule has 2 aromatic rings. The number of carboxylic acid groups (broad SMARTS) is 1. The van der Waals surface area contributed by atoms with Gasteiger partial charge in [-0.25, -0.2) is 9.48 Å². The summed E-state index contributed by atoms with van der Waals surface area (Å²) in [6.45, 7) is -0.454. The van der Waals surface area contributed by atoms with Gasteiger partial charge in [-0.1, -0.05) is 18.2 Å². The maximum atomic E-state index is 11.9. The number of nitrogens with zero attached hydrogens (tertiary/aromatic N) is 2. The van der Waals surface area contributed by atoms with Gasteiger partial charge in [0.05, 0.1) is 5.39 Å². The number of amides is 1. The topological polar surface area (TPSA) is 115 Å². The number of fused-ring (bicyclic) bond motifs is 1. The second-order valence-electron chi connectivity index (χ2n) is 3.63. The summed E-state index contributed by atoms with van der Waals surface area (Å²) in [6.07, 6.45) is 0. The fraction of sp³-hybridized carbons (Fsp3) is 0.0909. The summed E-state index contributed by atoms with van der Waals surface area (Å²) in [7, 11) is 0. The zero-order valence-electron chi connectivity index (χ0n) is 9.16. The summed E-state index contributed by atoms with van der Waals surface area (Å²) in [4.78, 5) is 33.8. The van der Waals surface area contributed by atoms with Crippen molar-refractivity contribution in [1.82, 2.24) is 9.78 Å². The Morgan fingerprint density at radius 1 is 1.28 bits per heavy atom. The van der Waals surface area contributed by atoms with Crippen LogP contribution in [0.15, 0.2) is 29.1 Å². The number of hydrogen-bond donors (Lipinski definition) is 2. The molecule has 1 amide bonds. The third-order valence-electron chi connectivity index (χ3n) is 2.38. The van der Waals surface area contributed by atoms with E-state index in [0.717, 1.165) is 4.68 Å². The van der Waals surface area contributed by atoms with Crippen molar-refractivity contribution in [3.63, 3.8) is 0 Å². The van der Waals surface area contributed by atoms with Gasteiger partial charge in [-0.05, 0) is 6.07 Å². The van der Waals surface area contributed by atoms with Gasteiger partial charge in [-0.2, -0.15) is 5.10 Å². The summed E-state index contributed by atoms with van der Waals surface area (Å²) in [5.74, 6) is -2.04. The summed E-state index contributed by atoms with van der Waals surface area (Å²) >= 11 is 0. The normalized spacial score (nSPS) is 10.4. The first kappa shape index (κ1) is 11.8. The van der Waals surface area contributed by atoms with E-state index < -0.39 is 24.0 Å². The Balaban J connectivity index is 2.83. The van der Waals surface area contributed by atoms with Gasteiger partial charge >= 0.3 is 5.97 Å².